The average molecular weight is 273 g/mol. The van der Waals surface area contributed by atoms with Crippen LogP contribution in [0, 0.1) is 11.3 Å². The zero-order valence-electron chi connectivity index (χ0n) is 9.62. The van der Waals surface area contributed by atoms with Gasteiger partial charge in [0, 0.05) is 0 Å². The van der Waals surface area contributed by atoms with Gasteiger partial charge in [0.05, 0.1) is 5.69 Å². The van der Waals surface area contributed by atoms with Gasteiger partial charge in [-0.25, -0.2) is 4.79 Å². The van der Waals surface area contributed by atoms with Gasteiger partial charge in [-0.3, -0.25) is 0 Å². The lowest BCUT2D eigenvalue weighted by Crippen LogP contribution is -2.36. The number of nitrogens with zero attached hydrogens (tertiary/aromatic N) is 1. The summed E-state index contributed by atoms with van der Waals surface area (Å²) in [4.78, 5) is 11.2. The summed E-state index contributed by atoms with van der Waals surface area (Å²) in [5.74, 6) is 0.200. The zero-order chi connectivity index (χ0) is 14.3. The molecule has 0 radical (unpaired) electrons. The lowest BCUT2D eigenvalue weighted by molar-refractivity contribution is -0.122. The zero-order valence-corrected chi connectivity index (χ0v) is 9.62. The first kappa shape index (κ1) is 14.6. The molecule has 19 heavy (non-hydrogen) atoms. The van der Waals surface area contributed by atoms with Gasteiger partial charge in [0.1, 0.15) is 18.4 Å². The van der Waals surface area contributed by atoms with Crippen LogP contribution in [-0.4, -0.2) is 25.4 Å². The van der Waals surface area contributed by atoms with Crippen molar-refractivity contribution in [2.45, 2.75) is 6.18 Å². The monoisotopic (exact) mass is 273 g/mol. The van der Waals surface area contributed by atoms with E-state index in [1.54, 1.807) is 23.5 Å². The second kappa shape index (κ2) is 6.49. The molecular formula is C11H10F3N3O2. The average Bonchev–Trinajstić information content (AvgIpc) is 2.34. The molecule has 0 atom stereocenters. The van der Waals surface area contributed by atoms with Crippen LogP contribution >= 0.6 is 0 Å². The highest BCUT2D eigenvalue weighted by Crippen LogP contribution is 2.23. The van der Waals surface area contributed by atoms with Crippen molar-refractivity contribution in [2.75, 3.05) is 18.5 Å². The molecule has 0 aromatic heterocycles. The number of halogens is 3. The topological polar surface area (TPSA) is 74.1 Å². The highest BCUT2D eigenvalue weighted by molar-refractivity contribution is 5.90. The summed E-state index contributed by atoms with van der Waals surface area (Å²) in [6.45, 7) is -1.66. The minimum Gasteiger partial charge on any atom is -0.477 e. The number of hydrogen-bond acceptors (Lipinski definition) is 3. The molecule has 1 rings (SSSR count). The van der Waals surface area contributed by atoms with Crippen molar-refractivity contribution in [1.82, 2.24) is 5.32 Å². The van der Waals surface area contributed by atoms with Gasteiger partial charge in [-0.1, -0.05) is 12.1 Å². The summed E-state index contributed by atoms with van der Waals surface area (Å²) in [6.07, 6.45) is -4.48. The Balaban J connectivity index is 2.61. The van der Waals surface area contributed by atoms with Crippen molar-refractivity contribution in [3.8, 4) is 11.8 Å². The number of carbonyl (C=O) groups is 1. The van der Waals surface area contributed by atoms with Crippen molar-refractivity contribution in [1.29, 1.82) is 5.26 Å². The molecule has 0 heterocycles. The lowest BCUT2D eigenvalue weighted by Gasteiger charge is -2.12. The van der Waals surface area contributed by atoms with Gasteiger partial charge < -0.3 is 15.4 Å². The van der Waals surface area contributed by atoms with Gasteiger partial charge in [-0.05, 0) is 12.1 Å². The Hall–Kier alpha value is -2.43. The summed E-state index contributed by atoms with van der Waals surface area (Å²) in [5, 5.41) is 12.2. The number of benzene rings is 1. The van der Waals surface area contributed by atoms with Gasteiger partial charge in [0.2, 0.25) is 0 Å². The van der Waals surface area contributed by atoms with E-state index in [0.717, 1.165) is 0 Å². The molecule has 8 heteroatoms. The number of amides is 2. The fourth-order valence-corrected chi connectivity index (χ4v) is 1.15. The Kier molecular flexibility index (Phi) is 5.00. The number of para-hydroxylation sites is 2. The fourth-order valence-electron chi connectivity index (χ4n) is 1.15. The van der Waals surface area contributed by atoms with E-state index in [-0.39, 0.29) is 18.0 Å². The third-order valence-corrected chi connectivity index (χ3v) is 1.88. The maximum atomic E-state index is 11.9. The van der Waals surface area contributed by atoms with Gasteiger partial charge in [0.25, 0.3) is 0 Å². The number of carbonyl (C=O) groups excluding carboxylic acids is 1. The van der Waals surface area contributed by atoms with E-state index >= 15 is 0 Å². The minimum absolute atomic E-state index is 0.178. The molecular weight excluding hydrogens is 263 g/mol. The fraction of sp³-hybridized carbons (Fsp3) is 0.273. The third-order valence-electron chi connectivity index (χ3n) is 1.88. The van der Waals surface area contributed by atoms with Crippen LogP contribution in [0.15, 0.2) is 24.3 Å². The first-order valence-corrected chi connectivity index (χ1v) is 5.13. The molecule has 0 spiro atoms. The number of nitrogens with one attached hydrogen (secondary N) is 2. The number of hydrogen-bond donors (Lipinski definition) is 2. The molecule has 102 valence electrons. The number of rotatable bonds is 4. The van der Waals surface area contributed by atoms with E-state index in [4.69, 9.17) is 10.00 Å². The molecule has 0 saturated heterocycles. The molecule has 0 saturated carbocycles. The summed E-state index contributed by atoms with van der Waals surface area (Å²) < 4.78 is 40.7. The van der Waals surface area contributed by atoms with Crippen molar-refractivity contribution < 1.29 is 22.7 Å². The maximum Gasteiger partial charge on any atom is 0.405 e. The highest BCUT2D eigenvalue weighted by atomic mass is 19.4. The predicted molar refractivity (Wildman–Crippen MR) is 60.6 cm³/mol. The van der Waals surface area contributed by atoms with Crippen LogP contribution in [-0.2, 0) is 0 Å². The molecule has 5 nitrogen and oxygen atoms in total. The number of anilines is 1. The SMILES string of the molecule is N#CCOc1ccccc1NC(=O)NCC(F)(F)F. The Morgan fingerprint density at radius 2 is 2.05 bits per heavy atom. The standard InChI is InChI=1S/C11H10F3N3O2/c12-11(13,14)7-16-10(18)17-8-3-1-2-4-9(8)19-6-5-15/h1-4H,6-7H2,(H2,16,17,18). The van der Waals surface area contributed by atoms with Crippen LogP contribution in [0.4, 0.5) is 23.7 Å². The summed E-state index contributed by atoms with van der Waals surface area (Å²) in [7, 11) is 0. The van der Waals surface area contributed by atoms with Gasteiger partial charge in [-0.15, -0.1) is 0 Å². The van der Waals surface area contributed by atoms with Crippen LogP contribution in [0.3, 0.4) is 0 Å². The van der Waals surface area contributed by atoms with Crippen molar-refractivity contribution in [3.63, 3.8) is 0 Å². The molecule has 1 aromatic rings. The molecule has 1 aromatic carbocycles. The van der Waals surface area contributed by atoms with Crippen molar-refractivity contribution in [2.24, 2.45) is 0 Å². The van der Waals surface area contributed by atoms with E-state index in [0.29, 0.717) is 0 Å². The van der Waals surface area contributed by atoms with Crippen molar-refractivity contribution in [3.05, 3.63) is 24.3 Å². The third kappa shape index (κ3) is 5.63. The van der Waals surface area contributed by atoms with E-state index in [1.165, 1.54) is 12.1 Å². The Morgan fingerprint density at radius 1 is 1.37 bits per heavy atom. The normalized spacial score (nSPS) is 10.4. The second-order valence-corrected chi connectivity index (χ2v) is 3.37. The first-order valence-electron chi connectivity index (χ1n) is 5.13. The number of nitriles is 1. The quantitative estimate of drug-likeness (QED) is 0.883. The van der Waals surface area contributed by atoms with Gasteiger partial charge in [0.15, 0.2) is 6.61 Å². The maximum absolute atomic E-state index is 11.9. The predicted octanol–water partition coefficient (Wildman–Crippen LogP) is 2.27. The molecule has 0 bridgehead atoms. The largest absolute Gasteiger partial charge is 0.477 e. The summed E-state index contributed by atoms with van der Waals surface area (Å²) in [6, 6.07) is 6.83. The second-order valence-electron chi connectivity index (χ2n) is 3.37. The molecule has 0 aliphatic heterocycles. The molecule has 0 unspecified atom stereocenters. The molecule has 2 N–H and O–H groups in total. The van der Waals surface area contributed by atoms with E-state index in [9.17, 15) is 18.0 Å². The van der Waals surface area contributed by atoms with Crippen LogP contribution in [0.2, 0.25) is 0 Å². The Bertz CT molecular complexity index is 483. The smallest absolute Gasteiger partial charge is 0.405 e. The van der Waals surface area contributed by atoms with E-state index in [1.807, 2.05) is 0 Å². The summed E-state index contributed by atoms with van der Waals surface area (Å²) >= 11 is 0. The Labute approximate surface area is 107 Å². The van der Waals surface area contributed by atoms with Crippen LogP contribution < -0.4 is 15.4 Å². The number of alkyl halides is 3. The minimum atomic E-state index is -4.48. The summed E-state index contributed by atoms with van der Waals surface area (Å²) in [5.41, 5.74) is 0.178. The number of ether oxygens (including phenoxy) is 1. The van der Waals surface area contributed by atoms with Crippen LogP contribution in [0.5, 0.6) is 5.75 Å². The lowest BCUT2D eigenvalue weighted by atomic mass is 10.3. The number of urea groups is 1. The van der Waals surface area contributed by atoms with Crippen molar-refractivity contribution >= 4 is 11.7 Å². The van der Waals surface area contributed by atoms with Crippen LogP contribution in [0.25, 0.3) is 0 Å². The molecule has 0 aliphatic rings. The van der Waals surface area contributed by atoms with E-state index < -0.39 is 18.8 Å². The Morgan fingerprint density at radius 3 is 2.68 bits per heavy atom. The van der Waals surface area contributed by atoms with Gasteiger partial charge >= 0.3 is 12.2 Å². The highest BCUT2D eigenvalue weighted by Gasteiger charge is 2.27. The first-order chi connectivity index (χ1) is 8.92. The molecule has 0 aliphatic carbocycles. The van der Waals surface area contributed by atoms with Gasteiger partial charge in [-0.2, -0.15) is 18.4 Å². The molecule has 2 amide bonds. The molecule has 0 fully saturated rings. The van der Waals surface area contributed by atoms with Crippen LogP contribution in [0.1, 0.15) is 0 Å². The van der Waals surface area contributed by atoms with E-state index in [2.05, 4.69) is 5.32 Å².